The van der Waals surface area contributed by atoms with Crippen molar-refractivity contribution in [2.24, 2.45) is 5.11 Å². The minimum absolute atomic E-state index is 0.505. The zero-order chi connectivity index (χ0) is 12.0. The Kier molecular flexibility index (Phi) is 4.40. The Balaban J connectivity index is 2.57. The van der Waals surface area contributed by atoms with E-state index in [1.165, 1.54) is 0 Å². The van der Waals surface area contributed by atoms with Crippen LogP contribution in [0.25, 0.3) is 10.4 Å². The van der Waals surface area contributed by atoms with Gasteiger partial charge in [-0.2, -0.15) is 0 Å². The van der Waals surface area contributed by atoms with Crippen molar-refractivity contribution in [1.82, 2.24) is 0 Å². The van der Waals surface area contributed by atoms with E-state index in [1.54, 1.807) is 0 Å². The van der Waals surface area contributed by atoms with Gasteiger partial charge in [-0.05, 0) is 49.3 Å². The fraction of sp³-hybridized carbons (Fsp3) is 0.455. The van der Waals surface area contributed by atoms with Crippen molar-refractivity contribution in [2.75, 3.05) is 6.54 Å². The number of azide groups is 1. The topological polar surface area (TPSA) is 58.0 Å². The Labute approximate surface area is 97.0 Å². The van der Waals surface area contributed by atoms with Crippen LogP contribution in [0.15, 0.2) is 29.4 Å². The predicted molar refractivity (Wildman–Crippen MR) is 68.1 cm³/mol. The lowest BCUT2D eigenvalue weighted by molar-refractivity contribution is 0.557. The number of benzene rings is 1. The molecule has 0 spiro atoms. The Hall–Kier alpha value is -1.45. The average molecular weight is 235 g/mol. The van der Waals surface area contributed by atoms with Crippen molar-refractivity contribution in [3.63, 3.8) is 0 Å². The monoisotopic (exact) mass is 235 g/mol. The smallest absolute Gasteiger partial charge is 0.242 e. The summed E-state index contributed by atoms with van der Waals surface area (Å²) in [5.41, 5.74) is 9.32. The molecule has 86 valence electrons. The van der Waals surface area contributed by atoms with E-state index in [-0.39, 0.29) is 0 Å². The number of hydrogen-bond donors (Lipinski definition) is 0. The normalized spacial score (nSPS) is 10.7. The second kappa shape index (κ2) is 5.58. The highest BCUT2D eigenvalue weighted by atomic mass is 28.4. The molecule has 0 aliphatic carbocycles. The third-order valence-corrected chi connectivity index (χ3v) is 2.76. The molecular weight excluding hydrogens is 218 g/mol. The van der Waals surface area contributed by atoms with Gasteiger partial charge >= 0.3 is 0 Å². The molecule has 0 saturated heterocycles. The van der Waals surface area contributed by atoms with Gasteiger partial charge in [-0.3, -0.25) is 0 Å². The Bertz CT molecular complexity index is 377. The van der Waals surface area contributed by atoms with E-state index in [1.807, 2.05) is 24.3 Å². The number of hydrogen-bond acceptors (Lipinski definition) is 2. The van der Waals surface area contributed by atoms with Gasteiger partial charge in [0.25, 0.3) is 0 Å². The van der Waals surface area contributed by atoms with Crippen LogP contribution in [0.2, 0.25) is 19.6 Å². The van der Waals surface area contributed by atoms with Crippen molar-refractivity contribution in [2.45, 2.75) is 26.1 Å². The fourth-order valence-corrected chi connectivity index (χ4v) is 2.14. The molecule has 0 amide bonds. The van der Waals surface area contributed by atoms with Crippen LogP contribution in [-0.2, 0) is 6.42 Å². The maximum Gasteiger partial charge on any atom is 0.242 e. The molecule has 1 rings (SSSR count). The molecule has 0 fully saturated rings. The third-order valence-electron chi connectivity index (χ3n) is 1.91. The summed E-state index contributed by atoms with van der Waals surface area (Å²) >= 11 is 0. The van der Waals surface area contributed by atoms with Gasteiger partial charge in [-0.1, -0.05) is 17.2 Å². The Morgan fingerprint density at radius 3 is 2.38 bits per heavy atom. The van der Waals surface area contributed by atoms with Crippen LogP contribution < -0.4 is 4.43 Å². The molecule has 1 aromatic rings. The van der Waals surface area contributed by atoms with E-state index in [0.717, 1.165) is 17.7 Å². The molecule has 0 aliphatic heterocycles. The first-order chi connectivity index (χ1) is 7.51. The van der Waals surface area contributed by atoms with E-state index in [0.29, 0.717) is 6.54 Å². The van der Waals surface area contributed by atoms with Crippen LogP contribution in [-0.4, -0.2) is 14.9 Å². The molecule has 1 aromatic carbocycles. The lowest BCUT2D eigenvalue weighted by Gasteiger charge is -2.19. The average Bonchev–Trinajstić information content (AvgIpc) is 2.19. The van der Waals surface area contributed by atoms with Crippen LogP contribution in [0.4, 0.5) is 0 Å². The second-order valence-corrected chi connectivity index (χ2v) is 8.99. The molecular formula is C11H17N3OSi. The molecule has 0 aliphatic rings. The molecule has 0 radical (unpaired) electrons. The van der Waals surface area contributed by atoms with Gasteiger partial charge in [-0.15, -0.1) is 0 Å². The van der Waals surface area contributed by atoms with Gasteiger partial charge in [0.1, 0.15) is 5.75 Å². The SMILES string of the molecule is C[Si](C)(C)Oc1ccc(CCN=[N+]=[N-])cc1. The Morgan fingerprint density at radius 1 is 1.25 bits per heavy atom. The quantitative estimate of drug-likeness (QED) is 0.332. The minimum Gasteiger partial charge on any atom is -0.544 e. The van der Waals surface area contributed by atoms with Crippen molar-refractivity contribution >= 4 is 8.32 Å². The van der Waals surface area contributed by atoms with Gasteiger partial charge in [0, 0.05) is 11.5 Å². The van der Waals surface area contributed by atoms with Gasteiger partial charge < -0.3 is 4.43 Å². The highest BCUT2D eigenvalue weighted by molar-refractivity contribution is 6.70. The molecule has 4 nitrogen and oxygen atoms in total. The second-order valence-electron chi connectivity index (χ2n) is 4.56. The molecule has 0 bridgehead atoms. The van der Waals surface area contributed by atoms with E-state index in [2.05, 4.69) is 29.7 Å². The van der Waals surface area contributed by atoms with E-state index in [9.17, 15) is 0 Å². The van der Waals surface area contributed by atoms with Gasteiger partial charge in [0.05, 0.1) is 0 Å². The first-order valence-electron chi connectivity index (χ1n) is 5.30. The van der Waals surface area contributed by atoms with Gasteiger partial charge in [0.15, 0.2) is 0 Å². The molecule has 0 heterocycles. The molecule has 0 N–H and O–H groups in total. The molecule has 0 unspecified atom stereocenters. The van der Waals surface area contributed by atoms with Crippen molar-refractivity contribution < 1.29 is 4.43 Å². The first-order valence-corrected chi connectivity index (χ1v) is 8.71. The van der Waals surface area contributed by atoms with Gasteiger partial charge in [-0.25, -0.2) is 0 Å². The summed E-state index contributed by atoms with van der Waals surface area (Å²) in [4.78, 5) is 2.72. The number of rotatable bonds is 5. The molecule has 0 aromatic heterocycles. The summed E-state index contributed by atoms with van der Waals surface area (Å²) in [5, 5.41) is 3.51. The van der Waals surface area contributed by atoms with Crippen molar-refractivity contribution in [3.8, 4) is 5.75 Å². The van der Waals surface area contributed by atoms with Crippen LogP contribution in [0.5, 0.6) is 5.75 Å². The summed E-state index contributed by atoms with van der Waals surface area (Å²) < 4.78 is 5.84. The third kappa shape index (κ3) is 4.86. The minimum atomic E-state index is -1.51. The maximum absolute atomic E-state index is 8.16. The largest absolute Gasteiger partial charge is 0.544 e. The molecule has 0 atom stereocenters. The highest BCUT2D eigenvalue weighted by Crippen LogP contribution is 2.17. The van der Waals surface area contributed by atoms with Crippen LogP contribution in [0, 0.1) is 0 Å². The summed E-state index contributed by atoms with van der Waals surface area (Å²) in [6.45, 7) is 6.97. The van der Waals surface area contributed by atoms with E-state index >= 15 is 0 Å². The van der Waals surface area contributed by atoms with E-state index < -0.39 is 8.32 Å². The van der Waals surface area contributed by atoms with Crippen LogP contribution in [0.1, 0.15) is 5.56 Å². The van der Waals surface area contributed by atoms with Crippen molar-refractivity contribution in [1.29, 1.82) is 0 Å². The lowest BCUT2D eigenvalue weighted by atomic mass is 10.1. The zero-order valence-electron chi connectivity index (χ0n) is 9.97. The fourth-order valence-electron chi connectivity index (χ4n) is 1.30. The van der Waals surface area contributed by atoms with Crippen LogP contribution >= 0.6 is 0 Å². The Morgan fingerprint density at radius 2 is 1.88 bits per heavy atom. The summed E-state index contributed by atoms with van der Waals surface area (Å²) in [5.74, 6) is 0.923. The molecule has 16 heavy (non-hydrogen) atoms. The zero-order valence-corrected chi connectivity index (χ0v) is 11.0. The summed E-state index contributed by atoms with van der Waals surface area (Å²) in [6.07, 6.45) is 0.775. The highest BCUT2D eigenvalue weighted by Gasteiger charge is 2.15. The number of nitrogens with zero attached hydrogens (tertiary/aromatic N) is 3. The van der Waals surface area contributed by atoms with E-state index in [4.69, 9.17) is 9.96 Å². The molecule has 5 heteroatoms. The lowest BCUT2D eigenvalue weighted by Crippen LogP contribution is -2.29. The molecule has 0 saturated carbocycles. The summed E-state index contributed by atoms with van der Waals surface area (Å²) in [6, 6.07) is 7.98. The summed E-state index contributed by atoms with van der Waals surface area (Å²) in [7, 11) is -1.51. The predicted octanol–water partition coefficient (Wildman–Crippen LogP) is 3.75. The van der Waals surface area contributed by atoms with Gasteiger partial charge in [0.2, 0.25) is 8.32 Å². The maximum atomic E-state index is 8.16. The standard InChI is InChI=1S/C11H17N3OSi/c1-16(2,3)15-11-6-4-10(5-7-11)8-9-13-14-12/h4-7H,8-9H2,1-3H3. The first kappa shape index (κ1) is 12.6. The van der Waals surface area contributed by atoms with Crippen molar-refractivity contribution in [3.05, 3.63) is 40.3 Å². The van der Waals surface area contributed by atoms with Crippen LogP contribution in [0.3, 0.4) is 0 Å².